The standard InChI is InChI=1S/C33H46O5/c1-4-6-7-8-9-10-11-22-37-28-18-16-26(17-19-28)25-12-14-27(15-13-25)33(36)38-29-20-21-30(31(34)23-29)32(35)24(3)5-2/h16-21,23-25,27,34H,4-15,22H2,1-3H3/t24-,25-,27-/m0/s1. The number of Topliss-reactive ketones (excluding diaryl/α,β-unsaturated/α-hetero) is 1. The second-order valence-electron chi connectivity index (χ2n) is 10.9. The molecule has 0 aromatic heterocycles. The summed E-state index contributed by atoms with van der Waals surface area (Å²) in [6, 6.07) is 13.0. The van der Waals surface area contributed by atoms with E-state index in [4.69, 9.17) is 9.47 Å². The van der Waals surface area contributed by atoms with Crippen LogP contribution >= 0.6 is 0 Å². The third-order valence-corrected chi connectivity index (χ3v) is 7.94. The highest BCUT2D eigenvalue weighted by Crippen LogP contribution is 2.37. The van der Waals surface area contributed by atoms with E-state index in [-0.39, 0.29) is 40.7 Å². The van der Waals surface area contributed by atoms with E-state index in [9.17, 15) is 14.7 Å². The Balaban J connectivity index is 1.40. The summed E-state index contributed by atoms with van der Waals surface area (Å²) in [5, 5.41) is 10.3. The number of ether oxygens (including phenoxy) is 2. The Kier molecular flexibility index (Phi) is 12.2. The number of phenols is 1. The number of phenolic OH excluding ortho intramolecular Hbond substituents is 1. The molecule has 0 aliphatic heterocycles. The zero-order valence-electron chi connectivity index (χ0n) is 23.5. The van der Waals surface area contributed by atoms with Crippen molar-refractivity contribution in [2.24, 2.45) is 11.8 Å². The van der Waals surface area contributed by atoms with Crippen molar-refractivity contribution < 1.29 is 24.2 Å². The van der Waals surface area contributed by atoms with Crippen molar-refractivity contribution in [1.82, 2.24) is 0 Å². The summed E-state index contributed by atoms with van der Waals surface area (Å²) in [6.45, 7) is 6.80. The van der Waals surface area contributed by atoms with E-state index < -0.39 is 0 Å². The summed E-state index contributed by atoms with van der Waals surface area (Å²) in [5.41, 5.74) is 1.57. The number of aromatic hydroxyl groups is 1. The van der Waals surface area contributed by atoms with Crippen LogP contribution in [0.25, 0.3) is 0 Å². The molecule has 1 aliphatic rings. The zero-order chi connectivity index (χ0) is 27.3. The van der Waals surface area contributed by atoms with Crippen LogP contribution in [0.5, 0.6) is 17.2 Å². The molecule has 0 heterocycles. The molecule has 0 bridgehead atoms. The average Bonchev–Trinajstić information content (AvgIpc) is 2.94. The van der Waals surface area contributed by atoms with Crippen molar-refractivity contribution in [1.29, 1.82) is 0 Å². The fraction of sp³-hybridized carbons (Fsp3) is 0.576. The van der Waals surface area contributed by atoms with Crippen LogP contribution in [0.15, 0.2) is 42.5 Å². The number of carbonyl (C=O) groups excluding carboxylic acids is 2. The maximum Gasteiger partial charge on any atom is 0.314 e. The molecule has 0 saturated heterocycles. The second kappa shape index (κ2) is 15.6. The van der Waals surface area contributed by atoms with Gasteiger partial charge in [0, 0.05) is 12.0 Å². The molecular weight excluding hydrogens is 476 g/mol. The number of rotatable bonds is 15. The number of carbonyl (C=O) groups is 2. The van der Waals surface area contributed by atoms with Crippen LogP contribution in [0.3, 0.4) is 0 Å². The zero-order valence-corrected chi connectivity index (χ0v) is 23.5. The van der Waals surface area contributed by atoms with E-state index in [2.05, 4.69) is 31.2 Å². The van der Waals surface area contributed by atoms with E-state index in [1.807, 2.05) is 13.8 Å². The summed E-state index contributed by atoms with van der Waals surface area (Å²) >= 11 is 0. The number of benzene rings is 2. The molecule has 5 heteroatoms. The first-order chi connectivity index (χ1) is 18.4. The van der Waals surface area contributed by atoms with E-state index in [1.165, 1.54) is 50.2 Å². The Morgan fingerprint density at radius 2 is 1.50 bits per heavy atom. The predicted octanol–water partition coefficient (Wildman–Crippen LogP) is 8.63. The van der Waals surface area contributed by atoms with Crippen molar-refractivity contribution >= 4 is 11.8 Å². The molecule has 2 aromatic rings. The van der Waals surface area contributed by atoms with Gasteiger partial charge in [-0.25, -0.2) is 0 Å². The molecule has 0 unspecified atom stereocenters. The summed E-state index contributed by atoms with van der Waals surface area (Å²) in [5.74, 6) is 0.819. The van der Waals surface area contributed by atoms with Crippen molar-refractivity contribution in [3.05, 3.63) is 53.6 Å². The van der Waals surface area contributed by atoms with Gasteiger partial charge in [0.25, 0.3) is 0 Å². The molecular formula is C33H46O5. The second-order valence-corrected chi connectivity index (χ2v) is 10.9. The molecule has 2 aromatic carbocycles. The molecule has 38 heavy (non-hydrogen) atoms. The van der Waals surface area contributed by atoms with Crippen LogP contribution in [0.1, 0.15) is 120 Å². The normalized spacial score (nSPS) is 18.1. The van der Waals surface area contributed by atoms with Crippen molar-refractivity contribution in [2.45, 2.75) is 104 Å². The Morgan fingerprint density at radius 3 is 2.13 bits per heavy atom. The number of hydrogen-bond donors (Lipinski definition) is 1. The molecule has 0 spiro atoms. The number of ketones is 1. The lowest BCUT2D eigenvalue weighted by molar-refractivity contribution is -0.140. The predicted molar refractivity (Wildman–Crippen MR) is 152 cm³/mol. The minimum atomic E-state index is -0.266. The maximum atomic E-state index is 12.8. The van der Waals surface area contributed by atoms with Crippen molar-refractivity contribution in [3.8, 4) is 17.2 Å². The molecule has 3 rings (SSSR count). The van der Waals surface area contributed by atoms with E-state index >= 15 is 0 Å². The van der Waals surface area contributed by atoms with Crippen molar-refractivity contribution in [2.75, 3.05) is 6.61 Å². The number of hydrogen-bond acceptors (Lipinski definition) is 5. The van der Waals surface area contributed by atoms with Gasteiger partial charge in [0.05, 0.1) is 18.1 Å². The highest BCUT2D eigenvalue weighted by molar-refractivity contribution is 6.00. The molecule has 5 nitrogen and oxygen atoms in total. The van der Waals surface area contributed by atoms with Gasteiger partial charge in [0.15, 0.2) is 5.78 Å². The highest BCUT2D eigenvalue weighted by Gasteiger charge is 2.29. The number of unbranched alkanes of at least 4 members (excludes halogenated alkanes) is 6. The van der Waals surface area contributed by atoms with Crippen LogP contribution in [0.2, 0.25) is 0 Å². The monoisotopic (exact) mass is 522 g/mol. The lowest BCUT2D eigenvalue weighted by atomic mass is 9.79. The Labute approximate surface area is 228 Å². The van der Waals surface area contributed by atoms with Gasteiger partial charge in [0.1, 0.15) is 17.2 Å². The molecule has 0 radical (unpaired) electrons. The highest BCUT2D eigenvalue weighted by atomic mass is 16.5. The van der Waals surface area contributed by atoms with Gasteiger partial charge in [0.2, 0.25) is 0 Å². The van der Waals surface area contributed by atoms with Gasteiger partial charge < -0.3 is 14.6 Å². The van der Waals surface area contributed by atoms with Gasteiger partial charge in [-0.15, -0.1) is 0 Å². The third-order valence-electron chi connectivity index (χ3n) is 7.94. The SMILES string of the molecule is CCCCCCCCCOc1ccc([C@H]2CC[C@H](C(=O)Oc3ccc(C(=O)[C@@H](C)CC)c(O)c3)CC2)cc1. The molecule has 1 aliphatic carbocycles. The number of esters is 1. The van der Waals surface area contributed by atoms with Crippen LogP contribution in [-0.4, -0.2) is 23.5 Å². The molecule has 1 saturated carbocycles. The summed E-state index contributed by atoms with van der Waals surface area (Å²) in [6.07, 6.45) is 13.1. The maximum absolute atomic E-state index is 12.8. The smallest absolute Gasteiger partial charge is 0.314 e. The summed E-state index contributed by atoms with van der Waals surface area (Å²) < 4.78 is 11.5. The molecule has 1 atom stereocenters. The first kappa shape index (κ1) is 29.7. The average molecular weight is 523 g/mol. The van der Waals surface area contributed by atoms with Crippen LogP contribution < -0.4 is 9.47 Å². The summed E-state index contributed by atoms with van der Waals surface area (Å²) in [7, 11) is 0. The van der Waals surface area contributed by atoms with Crippen LogP contribution in [0, 0.1) is 11.8 Å². The largest absolute Gasteiger partial charge is 0.507 e. The Bertz CT molecular complexity index is 1000. The fourth-order valence-electron chi connectivity index (χ4n) is 5.18. The molecule has 1 fully saturated rings. The van der Waals surface area contributed by atoms with E-state index in [0.717, 1.165) is 44.5 Å². The lowest BCUT2D eigenvalue weighted by Gasteiger charge is -2.27. The summed E-state index contributed by atoms with van der Waals surface area (Å²) in [4.78, 5) is 25.1. The van der Waals surface area contributed by atoms with Crippen LogP contribution in [-0.2, 0) is 4.79 Å². The fourth-order valence-corrected chi connectivity index (χ4v) is 5.18. The first-order valence-corrected chi connectivity index (χ1v) is 14.7. The molecule has 208 valence electrons. The van der Waals surface area contributed by atoms with Gasteiger partial charge in [-0.1, -0.05) is 71.4 Å². The first-order valence-electron chi connectivity index (χ1n) is 14.7. The lowest BCUT2D eigenvalue weighted by Crippen LogP contribution is -2.25. The third kappa shape index (κ3) is 8.89. The van der Waals surface area contributed by atoms with Crippen LogP contribution in [0.4, 0.5) is 0 Å². The molecule has 0 amide bonds. The van der Waals surface area contributed by atoms with Gasteiger partial charge in [-0.05, 0) is 74.3 Å². The quantitative estimate of drug-likeness (QED) is 0.110. The Morgan fingerprint density at radius 1 is 0.868 bits per heavy atom. The minimum absolute atomic E-state index is 0.103. The van der Waals surface area contributed by atoms with Gasteiger partial charge >= 0.3 is 5.97 Å². The minimum Gasteiger partial charge on any atom is -0.507 e. The topological polar surface area (TPSA) is 72.8 Å². The van der Waals surface area contributed by atoms with Gasteiger partial charge in [-0.3, -0.25) is 9.59 Å². The van der Waals surface area contributed by atoms with Crippen molar-refractivity contribution in [3.63, 3.8) is 0 Å². The van der Waals surface area contributed by atoms with E-state index in [1.54, 1.807) is 12.1 Å². The van der Waals surface area contributed by atoms with E-state index in [0.29, 0.717) is 12.3 Å². The molecule has 1 N–H and O–H groups in total. The van der Waals surface area contributed by atoms with Gasteiger partial charge in [-0.2, -0.15) is 0 Å². The Hall–Kier alpha value is -2.82.